The zero-order chi connectivity index (χ0) is 13.3. The second-order valence-electron chi connectivity index (χ2n) is 5.26. The van der Waals surface area contributed by atoms with Gasteiger partial charge < -0.3 is 5.11 Å². The molecule has 5 heteroatoms. The molecule has 1 unspecified atom stereocenters. The van der Waals surface area contributed by atoms with Crippen LogP contribution in [0.3, 0.4) is 0 Å². The van der Waals surface area contributed by atoms with Crippen LogP contribution in [0, 0.1) is 0 Å². The number of hydrogen-bond donors (Lipinski definition) is 1. The summed E-state index contributed by atoms with van der Waals surface area (Å²) in [6.45, 7) is 6.45. The topological polar surface area (TPSA) is 33.1 Å². The third kappa shape index (κ3) is 3.41. The quantitative estimate of drug-likeness (QED) is 0.885. The predicted molar refractivity (Wildman–Crippen MR) is 81.5 cm³/mol. The van der Waals surface area contributed by atoms with Gasteiger partial charge in [-0.15, -0.1) is 22.7 Å². The molecule has 1 N–H and O–H groups in total. The van der Waals surface area contributed by atoms with Gasteiger partial charge in [0.1, 0.15) is 0 Å². The van der Waals surface area contributed by atoms with Crippen molar-refractivity contribution in [1.82, 2.24) is 4.98 Å². The molecule has 18 heavy (non-hydrogen) atoms. The summed E-state index contributed by atoms with van der Waals surface area (Å²) < 4.78 is 1.02. The van der Waals surface area contributed by atoms with E-state index in [1.807, 2.05) is 11.4 Å². The van der Waals surface area contributed by atoms with E-state index in [2.05, 4.69) is 47.1 Å². The molecule has 0 aromatic carbocycles. The third-order valence-corrected chi connectivity index (χ3v) is 5.27. The summed E-state index contributed by atoms with van der Waals surface area (Å²) in [5.74, 6) is 0. The van der Waals surface area contributed by atoms with Crippen LogP contribution in [0.1, 0.15) is 42.5 Å². The highest BCUT2D eigenvalue weighted by Crippen LogP contribution is 2.30. The van der Waals surface area contributed by atoms with Crippen LogP contribution in [-0.4, -0.2) is 10.1 Å². The highest BCUT2D eigenvalue weighted by atomic mass is 79.9. The van der Waals surface area contributed by atoms with E-state index in [4.69, 9.17) is 0 Å². The Bertz CT molecular complexity index is 527. The second kappa shape index (κ2) is 5.41. The Morgan fingerprint density at radius 2 is 2.06 bits per heavy atom. The first-order valence-corrected chi connectivity index (χ1v) is 8.28. The van der Waals surface area contributed by atoms with Gasteiger partial charge in [-0.1, -0.05) is 20.8 Å². The van der Waals surface area contributed by atoms with Crippen LogP contribution in [0.2, 0.25) is 0 Å². The molecule has 0 radical (unpaired) electrons. The maximum Gasteiger partial charge on any atom is 0.0958 e. The number of nitrogens with zero attached hydrogens (tertiary/aromatic N) is 1. The first-order chi connectivity index (χ1) is 8.36. The lowest BCUT2D eigenvalue weighted by atomic mass is 9.93. The number of thiazole rings is 1. The Labute approximate surface area is 124 Å². The molecule has 0 saturated heterocycles. The van der Waals surface area contributed by atoms with Gasteiger partial charge in [-0.2, -0.15) is 0 Å². The molecule has 98 valence electrons. The van der Waals surface area contributed by atoms with Crippen molar-refractivity contribution in [2.75, 3.05) is 0 Å². The van der Waals surface area contributed by atoms with Gasteiger partial charge >= 0.3 is 0 Å². The molecule has 2 rings (SSSR count). The Balaban J connectivity index is 2.08. The fraction of sp³-hybridized carbons (Fsp3) is 0.462. The number of rotatable bonds is 3. The van der Waals surface area contributed by atoms with Gasteiger partial charge in [0.2, 0.25) is 0 Å². The summed E-state index contributed by atoms with van der Waals surface area (Å²) in [6.07, 6.45) is 0.133. The summed E-state index contributed by atoms with van der Waals surface area (Å²) in [5.41, 5.74) is 1.17. The van der Waals surface area contributed by atoms with Crippen molar-refractivity contribution in [2.45, 2.75) is 38.7 Å². The van der Waals surface area contributed by atoms with Crippen LogP contribution in [0.4, 0.5) is 0 Å². The Kier molecular flexibility index (Phi) is 4.26. The number of thiophene rings is 1. The van der Waals surface area contributed by atoms with Gasteiger partial charge in [-0.05, 0) is 22.0 Å². The van der Waals surface area contributed by atoms with E-state index in [9.17, 15) is 5.11 Å². The number of hydrogen-bond acceptors (Lipinski definition) is 4. The molecule has 2 heterocycles. The van der Waals surface area contributed by atoms with Crippen molar-refractivity contribution in [1.29, 1.82) is 0 Å². The van der Waals surface area contributed by atoms with E-state index in [1.165, 1.54) is 0 Å². The van der Waals surface area contributed by atoms with Gasteiger partial charge in [0.05, 0.1) is 16.8 Å². The summed E-state index contributed by atoms with van der Waals surface area (Å²) >= 11 is 6.60. The van der Waals surface area contributed by atoms with Gasteiger partial charge in [0.15, 0.2) is 0 Å². The molecule has 0 aliphatic carbocycles. The van der Waals surface area contributed by atoms with Crippen LogP contribution in [0.5, 0.6) is 0 Å². The SMILES string of the molecule is CC(C)(C)c1csc(CC(O)c2cc(Br)cs2)n1. The molecule has 0 aliphatic rings. The van der Waals surface area contributed by atoms with Crippen molar-refractivity contribution in [2.24, 2.45) is 0 Å². The molecule has 2 aromatic rings. The van der Waals surface area contributed by atoms with E-state index in [0.717, 1.165) is 20.1 Å². The third-order valence-electron chi connectivity index (χ3n) is 2.60. The monoisotopic (exact) mass is 345 g/mol. The number of aliphatic hydroxyl groups excluding tert-OH is 1. The molecule has 2 aromatic heterocycles. The highest BCUT2D eigenvalue weighted by molar-refractivity contribution is 9.10. The molecule has 0 saturated carbocycles. The average Bonchev–Trinajstić information content (AvgIpc) is 2.85. The minimum atomic E-state index is -0.458. The molecule has 0 spiro atoms. The lowest BCUT2D eigenvalue weighted by Crippen LogP contribution is -2.11. The summed E-state index contributed by atoms with van der Waals surface area (Å²) in [5, 5.41) is 15.2. The van der Waals surface area contributed by atoms with Crippen LogP contribution in [-0.2, 0) is 11.8 Å². The lowest BCUT2D eigenvalue weighted by molar-refractivity contribution is 0.182. The maximum atomic E-state index is 10.2. The number of aromatic nitrogens is 1. The van der Waals surface area contributed by atoms with Crippen LogP contribution in [0.25, 0.3) is 0 Å². The number of halogens is 1. The molecule has 0 aliphatic heterocycles. The first-order valence-electron chi connectivity index (χ1n) is 5.73. The van der Waals surface area contributed by atoms with E-state index < -0.39 is 6.10 Å². The summed E-state index contributed by atoms with van der Waals surface area (Å²) in [4.78, 5) is 5.59. The Morgan fingerprint density at radius 1 is 1.33 bits per heavy atom. The summed E-state index contributed by atoms with van der Waals surface area (Å²) in [7, 11) is 0. The van der Waals surface area contributed by atoms with E-state index in [1.54, 1.807) is 22.7 Å². The van der Waals surface area contributed by atoms with Gasteiger partial charge in [-0.3, -0.25) is 0 Å². The molecule has 0 fully saturated rings. The van der Waals surface area contributed by atoms with Crippen molar-refractivity contribution >= 4 is 38.6 Å². The Morgan fingerprint density at radius 3 is 2.56 bits per heavy atom. The highest BCUT2D eigenvalue weighted by Gasteiger charge is 2.19. The zero-order valence-corrected chi connectivity index (χ0v) is 13.8. The van der Waals surface area contributed by atoms with Crippen LogP contribution >= 0.6 is 38.6 Å². The molecular formula is C13H16BrNOS2. The van der Waals surface area contributed by atoms with Gasteiger partial charge in [0.25, 0.3) is 0 Å². The van der Waals surface area contributed by atoms with Crippen molar-refractivity contribution < 1.29 is 5.11 Å². The van der Waals surface area contributed by atoms with Crippen LogP contribution < -0.4 is 0 Å². The van der Waals surface area contributed by atoms with E-state index in [0.29, 0.717) is 6.42 Å². The average molecular weight is 346 g/mol. The standard InChI is InChI=1S/C13H16BrNOS2/c1-13(2,3)11-7-18-12(15-11)5-9(16)10-4-8(14)6-17-10/h4,6-7,9,16H,5H2,1-3H3. The summed E-state index contributed by atoms with van der Waals surface area (Å²) in [6, 6.07) is 1.97. The maximum absolute atomic E-state index is 10.2. The fourth-order valence-corrected chi connectivity index (χ4v) is 4.01. The van der Waals surface area contributed by atoms with Crippen molar-refractivity contribution in [3.05, 3.63) is 36.9 Å². The molecule has 2 nitrogen and oxygen atoms in total. The lowest BCUT2D eigenvalue weighted by Gasteiger charge is -2.14. The predicted octanol–water partition coefficient (Wildman–Crippen LogP) is 4.54. The van der Waals surface area contributed by atoms with Crippen LogP contribution in [0.15, 0.2) is 21.3 Å². The largest absolute Gasteiger partial charge is 0.387 e. The normalized spacial score (nSPS) is 13.8. The first kappa shape index (κ1) is 14.2. The fourth-order valence-electron chi connectivity index (χ4n) is 1.52. The molecule has 0 amide bonds. The van der Waals surface area contributed by atoms with Crippen molar-refractivity contribution in [3.8, 4) is 0 Å². The minimum absolute atomic E-state index is 0.0751. The number of aliphatic hydroxyl groups is 1. The minimum Gasteiger partial charge on any atom is -0.387 e. The van der Waals surface area contributed by atoms with Gasteiger partial charge in [-0.25, -0.2) is 4.98 Å². The van der Waals surface area contributed by atoms with E-state index >= 15 is 0 Å². The molecular weight excluding hydrogens is 330 g/mol. The smallest absolute Gasteiger partial charge is 0.0958 e. The molecule has 0 bridgehead atoms. The van der Waals surface area contributed by atoms with Crippen molar-refractivity contribution in [3.63, 3.8) is 0 Å². The zero-order valence-electron chi connectivity index (χ0n) is 10.6. The molecule has 1 atom stereocenters. The second-order valence-corrected chi connectivity index (χ2v) is 8.06. The van der Waals surface area contributed by atoms with E-state index in [-0.39, 0.29) is 5.41 Å². The Hall–Kier alpha value is -0.230. The van der Waals surface area contributed by atoms with Gasteiger partial charge in [0, 0.05) is 31.9 Å².